The Bertz CT molecular complexity index is 512. The van der Waals surface area contributed by atoms with Crippen molar-refractivity contribution in [3.63, 3.8) is 0 Å². The highest BCUT2D eigenvalue weighted by atomic mass is 16.6. The predicted octanol–water partition coefficient (Wildman–Crippen LogP) is 4.01. The number of rotatable bonds is 4. The largest absolute Gasteiger partial charge is 0.426 e. The van der Waals surface area contributed by atoms with Crippen molar-refractivity contribution in [1.82, 2.24) is 0 Å². The Labute approximate surface area is 100 Å². The Balaban J connectivity index is 2.26. The fourth-order valence-electron chi connectivity index (χ4n) is 1.61. The molecule has 2 rings (SSSR count). The summed E-state index contributed by atoms with van der Waals surface area (Å²) in [6.45, 7) is 4.20. The van der Waals surface area contributed by atoms with Crippen molar-refractivity contribution in [2.75, 3.05) is 0 Å². The van der Waals surface area contributed by atoms with E-state index in [0.717, 1.165) is 11.3 Å². The van der Waals surface area contributed by atoms with E-state index in [-0.39, 0.29) is 5.76 Å². The molecule has 0 unspecified atom stereocenters. The van der Waals surface area contributed by atoms with Gasteiger partial charge in [-0.1, -0.05) is 32.0 Å². The van der Waals surface area contributed by atoms with Crippen LogP contribution in [0.1, 0.15) is 35.9 Å². The topological polar surface area (TPSA) is 39.4 Å². The van der Waals surface area contributed by atoms with Crippen LogP contribution in [0.2, 0.25) is 0 Å². The second kappa shape index (κ2) is 4.87. The minimum Gasteiger partial charge on any atom is -0.426 e. The lowest BCUT2D eigenvalue weighted by Gasteiger charge is -2.11. The lowest BCUT2D eigenvalue weighted by Crippen LogP contribution is -1.92. The molecule has 1 aromatic carbocycles. The normalized spacial score (nSPS) is 10.5. The standard InChI is InChI=1S/C14H14O3/c1-10(2)12-5-3-4-6-13(12)17-14-8-7-11(9-15)16-14/h3-10H,1-2H3. The molecule has 0 aliphatic rings. The first-order valence-electron chi connectivity index (χ1n) is 5.52. The van der Waals surface area contributed by atoms with Crippen LogP contribution in [-0.2, 0) is 0 Å². The maximum atomic E-state index is 10.5. The van der Waals surface area contributed by atoms with Gasteiger partial charge in [-0.3, -0.25) is 4.79 Å². The van der Waals surface area contributed by atoms with Gasteiger partial charge in [-0.25, -0.2) is 0 Å². The predicted molar refractivity (Wildman–Crippen MR) is 64.7 cm³/mol. The first kappa shape index (κ1) is 11.5. The lowest BCUT2D eigenvalue weighted by molar-refractivity contribution is 0.109. The summed E-state index contributed by atoms with van der Waals surface area (Å²) in [5, 5.41) is 0. The molecule has 2 aromatic rings. The number of carbonyl (C=O) groups excluding carboxylic acids is 1. The molecule has 3 heteroatoms. The Morgan fingerprint density at radius 2 is 1.94 bits per heavy atom. The van der Waals surface area contributed by atoms with Crippen LogP contribution in [0.4, 0.5) is 0 Å². The zero-order valence-corrected chi connectivity index (χ0v) is 9.84. The number of furan rings is 1. The van der Waals surface area contributed by atoms with Crippen molar-refractivity contribution in [1.29, 1.82) is 0 Å². The average Bonchev–Trinajstić information content (AvgIpc) is 2.77. The molecule has 0 saturated heterocycles. The highest BCUT2D eigenvalue weighted by Crippen LogP contribution is 2.30. The molecule has 0 spiro atoms. The second-order valence-electron chi connectivity index (χ2n) is 4.07. The maximum Gasteiger partial charge on any atom is 0.290 e. The van der Waals surface area contributed by atoms with Crippen molar-refractivity contribution in [3.05, 3.63) is 47.7 Å². The summed E-state index contributed by atoms with van der Waals surface area (Å²) in [4.78, 5) is 10.5. The van der Waals surface area contributed by atoms with Gasteiger partial charge in [-0.05, 0) is 23.6 Å². The fraction of sp³-hybridized carbons (Fsp3) is 0.214. The Morgan fingerprint density at radius 1 is 1.18 bits per heavy atom. The van der Waals surface area contributed by atoms with Crippen molar-refractivity contribution in [2.45, 2.75) is 19.8 Å². The van der Waals surface area contributed by atoms with Gasteiger partial charge in [0.1, 0.15) is 5.75 Å². The number of hydrogen-bond donors (Lipinski definition) is 0. The zero-order valence-electron chi connectivity index (χ0n) is 9.84. The molecule has 0 radical (unpaired) electrons. The summed E-state index contributed by atoms with van der Waals surface area (Å²) >= 11 is 0. The molecule has 0 fully saturated rings. The van der Waals surface area contributed by atoms with E-state index in [1.807, 2.05) is 24.3 Å². The van der Waals surface area contributed by atoms with Gasteiger partial charge in [0.2, 0.25) is 0 Å². The third-order valence-corrected chi connectivity index (χ3v) is 2.47. The first-order chi connectivity index (χ1) is 8.20. The van der Waals surface area contributed by atoms with Gasteiger partial charge in [-0.2, -0.15) is 0 Å². The molecule has 0 bridgehead atoms. The molecule has 88 valence electrons. The number of para-hydroxylation sites is 1. The summed E-state index contributed by atoms with van der Waals surface area (Å²) < 4.78 is 10.8. The van der Waals surface area contributed by atoms with Crippen LogP contribution in [0, 0.1) is 0 Å². The summed E-state index contributed by atoms with van der Waals surface area (Å²) in [5.74, 6) is 1.73. The smallest absolute Gasteiger partial charge is 0.290 e. The Hall–Kier alpha value is -2.03. The van der Waals surface area contributed by atoms with Gasteiger partial charge in [0.05, 0.1) is 0 Å². The maximum absolute atomic E-state index is 10.5. The second-order valence-corrected chi connectivity index (χ2v) is 4.07. The molecule has 1 aromatic heterocycles. The summed E-state index contributed by atoms with van der Waals surface area (Å²) in [6, 6.07) is 11.0. The molecule has 17 heavy (non-hydrogen) atoms. The van der Waals surface area contributed by atoms with Crippen LogP contribution in [0.3, 0.4) is 0 Å². The molecule has 0 N–H and O–H groups in total. The van der Waals surface area contributed by atoms with Crippen LogP contribution < -0.4 is 4.74 Å². The van der Waals surface area contributed by atoms with E-state index in [0.29, 0.717) is 18.2 Å². The van der Waals surface area contributed by atoms with Crippen LogP contribution in [0.15, 0.2) is 40.8 Å². The van der Waals surface area contributed by atoms with Gasteiger partial charge in [0.15, 0.2) is 12.0 Å². The van der Waals surface area contributed by atoms with Crippen LogP contribution >= 0.6 is 0 Å². The monoisotopic (exact) mass is 230 g/mol. The van der Waals surface area contributed by atoms with Gasteiger partial charge < -0.3 is 9.15 Å². The molecule has 3 nitrogen and oxygen atoms in total. The first-order valence-corrected chi connectivity index (χ1v) is 5.52. The number of benzene rings is 1. The highest BCUT2D eigenvalue weighted by Gasteiger charge is 2.09. The quantitative estimate of drug-likeness (QED) is 0.745. The summed E-state index contributed by atoms with van der Waals surface area (Å²) in [6.07, 6.45) is 0.654. The molecule has 1 heterocycles. The van der Waals surface area contributed by atoms with E-state index in [2.05, 4.69) is 13.8 Å². The Morgan fingerprint density at radius 3 is 2.59 bits per heavy atom. The molecular formula is C14H14O3. The van der Waals surface area contributed by atoms with E-state index in [1.165, 1.54) is 0 Å². The molecule has 0 atom stereocenters. The lowest BCUT2D eigenvalue weighted by atomic mass is 10.0. The summed E-state index contributed by atoms with van der Waals surface area (Å²) in [5.41, 5.74) is 1.11. The zero-order chi connectivity index (χ0) is 12.3. The summed E-state index contributed by atoms with van der Waals surface area (Å²) in [7, 11) is 0. The third kappa shape index (κ3) is 2.56. The van der Waals surface area contributed by atoms with Crippen LogP contribution in [0.5, 0.6) is 11.7 Å². The van der Waals surface area contributed by atoms with Gasteiger partial charge >= 0.3 is 0 Å². The van der Waals surface area contributed by atoms with Crippen molar-refractivity contribution >= 4 is 6.29 Å². The Kier molecular flexibility index (Phi) is 3.28. The van der Waals surface area contributed by atoms with Gasteiger partial charge in [0, 0.05) is 6.07 Å². The molecule has 0 amide bonds. The highest BCUT2D eigenvalue weighted by molar-refractivity contribution is 5.70. The van der Waals surface area contributed by atoms with Crippen LogP contribution in [0.25, 0.3) is 0 Å². The van der Waals surface area contributed by atoms with Gasteiger partial charge in [0.25, 0.3) is 5.95 Å². The van der Waals surface area contributed by atoms with E-state index in [1.54, 1.807) is 12.1 Å². The number of carbonyl (C=O) groups is 1. The van der Waals surface area contributed by atoms with E-state index in [4.69, 9.17) is 9.15 Å². The SMILES string of the molecule is CC(C)c1ccccc1Oc1ccc(C=O)o1. The third-order valence-electron chi connectivity index (χ3n) is 2.47. The van der Waals surface area contributed by atoms with E-state index in [9.17, 15) is 4.79 Å². The number of ether oxygens (including phenoxy) is 1. The number of aldehydes is 1. The van der Waals surface area contributed by atoms with Gasteiger partial charge in [-0.15, -0.1) is 0 Å². The molecule has 0 aliphatic carbocycles. The number of hydrogen-bond acceptors (Lipinski definition) is 3. The van der Waals surface area contributed by atoms with Crippen LogP contribution in [-0.4, -0.2) is 6.29 Å². The van der Waals surface area contributed by atoms with Crippen molar-refractivity contribution in [3.8, 4) is 11.7 Å². The van der Waals surface area contributed by atoms with E-state index < -0.39 is 0 Å². The van der Waals surface area contributed by atoms with E-state index >= 15 is 0 Å². The minimum absolute atomic E-state index is 0.266. The average molecular weight is 230 g/mol. The van der Waals surface area contributed by atoms with Crippen molar-refractivity contribution in [2.24, 2.45) is 0 Å². The van der Waals surface area contributed by atoms with Crippen molar-refractivity contribution < 1.29 is 13.9 Å². The molecular weight excluding hydrogens is 216 g/mol. The molecule has 0 saturated carbocycles. The fourth-order valence-corrected chi connectivity index (χ4v) is 1.61. The minimum atomic E-state index is 0.266. The molecule has 0 aliphatic heterocycles.